The van der Waals surface area contributed by atoms with Gasteiger partial charge in [0, 0.05) is 10.6 Å². The largest absolute Gasteiger partial charge is 0.433 e. The van der Waals surface area contributed by atoms with E-state index in [1.807, 2.05) is 30.5 Å². The van der Waals surface area contributed by atoms with E-state index in [1.165, 1.54) is 11.0 Å². The number of anilines is 1. The Hall–Kier alpha value is -1.95. The van der Waals surface area contributed by atoms with Crippen molar-refractivity contribution in [3.63, 3.8) is 0 Å². The second-order valence-corrected chi connectivity index (χ2v) is 4.46. The first-order valence-electron chi connectivity index (χ1n) is 5.30. The van der Waals surface area contributed by atoms with Crippen LogP contribution in [0.25, 0.3) is 0 Å². The molecule has 6 heteroatoms. The van der Waals surface area contributed by atoms with E-state index in [4.69, 9.17) is 4.42 Å². The Kier molecular flexibility index (Phi) is 3.88. The van der Waals surface area contributed by atoms with E-state index >= 15 is 0 Å². The molecule has 5 nitrogen and oxygen atoms in total. The SMILES string of the molecule is CSc1ccc(NCc2ccc([N+](=O)[O-])o2)cc1. The summed E-state index contributed by atoms with van der Waals surface area (Å²) in [5.41, 5.74) is 0.951. The van der Waals surface area contributed by atoms with Crippen LogP contribution < -0.4 is 5.32 Å². The number of thioether (sulfide) groups is 1. The highest BCUT2D eigenvalue weighted by Gasteiger charge is 2.11. The molecule has 0 aliphatic carbocycles. The fraction of sp³-hybridized carbons (Fsp3) is 0.167. The zero-order chi connectivity index (χ0) is 13.0. The van der Waals surface area contributed by atoms with Gasteiger partial charge < -0.3 is 9.73 Å². The maximum absolute atomic E-state index is 10.4. The van der Waals surface area contributed by atoms with E-state index in [9.17, 15) is 10.1 Å². The van der Waals surface area contributed by atoms with Crippen LogP contribution in [-0.2, 0) is 6.54 Å². The number of nitrogens with zero attached hydrogens (tertiary/aromatic N) is 1. The molecule has 94 valence electrons. The Morgan fingerprint density at radius 1 is 1.28 bits per heavy atom. The predicted molar refractivity (Wildman–Crippen MR) is 70.9 cm³/mol. The van der Waals surface area contributed by atoms with Crippen LogP contribution in [0.5, 0.6) is 0 Å². The van der Waals surface area contributed by atoms with Crippen molar-refractivity contribution in [1.29, 1.82) is 0 Å². The molecule has 18 heavy (non-hydrogen) atoms. The normalized spacial score (nSPS) is 10.3. The zero-order valence-corrected chi connectivity index (χ0v) is 10.6. The number of hydrogen-bond acceptors (Lipinski definition) is 5. The average Bonchev–Trinajstić information content (AvgIpc) is 2.86. The molecule has 0 saturated carbocycles. The molecule has 1 heterocycles. The number of nitro groups is 1. The lowest BCUT2D eigenvalue weighted by molar-refractivity contribution is -0.402. The quantitative estimate of drug-likeness (QED) is 0.508. The summed E-state index contributed by atoms with van der Waals surface area (Å²) in [5.74, 6) is 0.306. The molecule has 0 atom stereocenters. The van der Waals surface area contributed by atoms with Crippen LogP contribution in [0.1, 0.15) is 5.76 Å². The summed E-state index contributed by atoms with van der Waals surface area (Å²) in [6, 6.07) is 10.9. The van der Waals surface area contributed by atoms with E-state index in [1.54, 1.807) is 17.8 Å². The first-order valence-corrected chi connectivity index (χ1v) is 6.52. The molecule has 0 fully saturated rings. The van der Waals surface area contributed by atoms with Gasteiger partial charge in [-0.25, -0.2) is 0 Å². The molecule has 0 unspecified atom stereocenters. The maximum atomic E-state index is 10.4. The lowest BCUT2D eigenvalue weighted by Gasteiger charge is -2.04. The van der Waals surface area contributed by atoms with Gasteiger partial charge in [0.1, 0.15) is 10.7 Å². The van der Waals surface area contributed by atoms with Crippen LogP contribution in [0.4, 0.5) is 11.6 Å². The van der Waals surface area contributed by atoms with Crippen LogP contribution in [0.2, 0.25) is 0 Å². The van der Waals surface area contributed by atoms with Crippen molar-refractivity contribution in [2.24, 2.45) is 0 Å². The van der Waals surface area contributed by atoms with Gasteiger partial charge in [-0.3, -0.25) is 10.1 Å². The van der Waals surface area contributed by atoms with E-state index < -0.39 is 4.92 Å². The summed E-state index contributed by atoms with van der Waals surface area (Å²) in [5, 5.41) is 13.6. The first-order chi connectivity index (χ1) is 8.69. The summed E-state index contributed by atoms with van der Waals surface area (Å²) < 4.78 is 5.05. The van der Waals surface area contributed by atoms with Gasteiger partial charge in [0.15, 0.2) is 0 Å². The van der Waals surface area contributed by atoms with E-state index in [0.717, 1.165) is 5.69 Å². The fourth-order valence-corrected chi connectivity index (χ4v) is 1.87. The number of benzene rings is 1. The summed E-state index contributed by atoms with van der Waals surface area (Å²) in [7, 11) is 0. The van der Waals surface area contributed by atoms with E-state index in [0.29, 0.717) is 12.3 Å². The Morgan fingerprint density at radius 2 is 2.00 bits per heavy atom. The van der Waals surface area contributed by atoms with Crippen LogP contribution >= 0.6 is 11.8 Å². The molecule has 0 aliphatic rings. The third-order valence-corrected chi connectivity index (χ3v) is 3.13. The summed E-state index contributed by atoms with van der Waals surface area (Å²) in [4.78, 5) is 11.1. The Morgan fingerprint density at radius 3 is 2.56 bits per heavy atom. The van der Waals surface area contributed by atoms with E-state index in [2.05, 4.69) is 5.32 Å². The molecule has 1 aromatic heterocycles. The number of rotatable bonds is 5. The van der Waals surface area contributed by atoms with Crippen LogP contribution in [0.15, 0.2) is 45.7 Å². The monoisotopic (exact) mass is 264 g/mol. The smallest absolute Gasteiger partial charge is 0.404 e. The van der Waals surface area contributed by atoms with Crippen LogP contribution in [0.3, 0.4) is 0 Å². The lowest BCUT2D eigenvalue weighted by Crippen LogP contribution is -1.97. The molecule has 1 N–H and O–H groups in total. The maximum Gasteiger partial charge on any atom is 0.433 e. The molecular formula is C12H12N2O3S. The third-order valence-electron chi connectivity index (χ3n) is 2.38. The van der Waals surface area contributed by atoms with Crippen molar-refractivity contribution in [3.8, 4) is 0 Å². The van der Waals surface area contributed by atoms with Crippen molar-refractivity contribution < 1.29 is 9.34 Å². The van der Waals surface area contributed by atoms with Gasteiger partial charge >= 0.3 is 5.88 Å². The highest BCUT2D eigenvalue weighted by molar-refractivity contribution is 7.98. The molecular weight excluding hydrogens is 252 g/mol. The van der Waals surface area contributed by atoms with Crippen molar-refractivity contribution >= 4 is 23.3 Å². The highest BCUT2D eigenvalue weighted by atomic mass is 32.2. The van der Waals surface area contributed by atoms with Gasteiger partial charge in [-0.15, -0.1) is 11.8 Å². The molecule has 1 aromatic carbocycles. The van der Waals surface area contributed by atoms with Gasteiger partial charge in [0.2, 0.25) is 0 Å². The summed E-state index contributed by atoms with van der Waals surface area (Å²) in [6.07, 6.45) is 2.02. The number of hydrogen-bond donors (Lipinski definition) is 1. The second kappa shape index (κ2) is 5.59. The summed E-state index contributed by atoms with van der Waals surface area (Å²) >= 11 is 1.68. The number of furan rings is 1. The Bertz CT molecular complexity index is 537. The highest BCUT2D eigenvalue weighted by Crippen LogP contribution is 2.19. The van der Waals surface area contributed by atoms with Crippen molar-refractivity contribution in [2.75, 3.05) is 11.6 Å². The third kappa shape index (κ3) is 3.04. The molecule has 0 aliphatic heterocycles. The standard InChI is InChI=1S/C12H12N2O3S/c1-18-11-5-2-9(3-6-11)13-8-10-4-7-12(17-10)14(15)16/h2-7,13H,8H2,1H3. The minimum absolute atomic E-state index is 0.232. The van der Waals surface area contributed by atoms with Gasteiger partial charge in [-0.1, -0.05) is 0 Å². The minimum atomic E-state index is -0.545. The molecule has 0 radical (unpaired) electrons. The molecule has 0 saturated heterocycles. The molecule has 0 bridgehead atoms. The molecule has 2 rings (SSSR count). The molecule has 2 aromatic rings. The molecule has 0 amide bonds. The predicted octanol–water partition coefficient (Wildman–Crippen LogP) is 3.52. The Balaban J connectivity index is 1.95. The first kappa shape index (κ1) is 12.5. The van der Waals surface area contributed by atoms with Crippen molar-refractivity contribution in [2.45, 2.75) is 11.4 Å². The van der Waals surface area contributed by atoms with Crippen LogP contribution in [0, 0.1) is 10.1 Å². The minimum Gasteiger partial charge on any atom is -0.404 e. The van der Waals surface area contributed by atoms with Crippen molar-refractivity contribution in [1.82, 2.24) is 0 Å². The Labute approximate surface area is 108 Å². The zero-order valence-electron chi connectivity index (χ0n) is 9.75. The van der Waals surface area contributed by atoms with Gasteiger partial charge in [0.25, 0.3) is 0 Å². The second-order valence-electron chi connectivity index (χ2n) is 3.58. The van der Waals surface area contributed by atoms with Gasteiger partial charge in [-0.2, -0.15) is 0 Å². The van der Waals surface area contributed by atoms with Gasteiger partial charge in [0.05, 0.1) is 12.6 Å². The van der Waals surface area contributed by atoms with Crippen molar-refractivity contribution in [3.05, 3.63) is 52.3 Å². The average molecular weight is 264 g/mol. The molecule has 0 spiro atoms. The summed E-state index contributed by atoms with van der Waals surface area (Å²) in [6.45, 7) is 0.423. The van der Waals surface area contributed by atoms with E-state index in [-0.39, 0.29) is 5.88 Å². The topological polar surface area (TPSA) is 68.3 Å². The van der Waals surface area contributed by atoms with Gasteiger partial charge in [-0.05, 0) is 36.6 Å². The van der Waals surface area contributed by atoms with Crippen LogP contribution in [-0.4, -0.2) is 11.2 Å². The lowest BCUT2D eigenvalue weighted by atomic mass is 10.3. The number of nitrogens with one attached hydrogen (secondary N) is 1. The fourth-order valence-electron chi connectivity index (χ4n) is 1.46.